The average molecular weight is 306 g/mol. The Labute approximate surface area is 129 Å². The zero-order chi connectivity index (χ0) is 16.3. The molecule has 0 radical (unpaired) electrons. The fourth-order valence-corrected chi connectivity index (χ4v) is 2.76. The molecular weight excluding hydrogens is 284 g/mol. The number of nitrogens with zero attached hydrogens (tertiary/aromatic N) is 1. The predicted molar refractivity (Wildman–Crippen MR) is 80.7 cm³/mol. The lowest BCUT2D eigenvalue weighted by Crippen LogP contribution is -2.35. The number of aromatic nitrogens is 1. The molecule has 1 aromatic heterocycles. The monoisotopic (exact) mass is 306 g/mol. The summed E-state index contributed by atoms with van der Waals surface area (Å²) in [4.78, 5) is 35.1. The highest BCUT2D eigenvalue weighted by molar-refractivity contribution is 5.99. The average Bonchev–Trinajstić information content (AvgIpc) is 3.03. The molecule has 2 heterocycles. The van der Waals surface area contributed by atoms with Gasteiger partial charge in [0.1, 0.15) is 6.04 Å². The number of hydrogen-bond donors (Lipinski definition) is 1. The molecule has 0 bridgehead atoms. The van der Waals surface area contributed by atoms with Gasteiger partial charge in [-0.3, -0.25) is 9.59 Å². The van der Waals surface area contributed by atoms with Crippen molar-refractivity contribution in [3.8, 4) is 0 Å². The Kier molecular flexibility index (Phi) is 5.00. The van der Waals surface area contributed by atoms with E-state index in [1.54, 1.807) is 0 Å². The van der Waals surface area contributed by atoms with E-state index in [9.17, 15) is 14.4 Å². The number of ketones is 1. The molecule has 1 atom stereocenters. The minimum Gasteiger partial charge on any atom is -0.456 e. The molecule has 0 aromatic carbocycles. The number of hydrogen-bond acceptors (Lipinski definition) is 4. The van der Waals surface area contributed by atoms with Crippen LogP contribution in [0.1, 0.15) is 47.9 Å². The van der Waals surface area contributed by atoms with Crippen molar-refractivity contribution in [2.24, 2.45) is 0 Å². The SMILES string of the molecule is CCCn1c(C)cc(C(=O)COC(=O)[C@H]2CCC(=O)N2)c1C. The van der Waals surface area contributed by atoms with Crippen molar-refractivity contribution >= 4 is 17.7 Å². The summed E-state index contributed by atoms with van der Waals surface area (Å²) >= 11 is 0. The van der Waals surface area contributed by atoms with Crippen LogP contribution >= 0.6 is 0 Å². The van der Waals surface area contributed by atoms with E-state index in [2.05, 4.69) is 16.8 Å². The first-order valence-corrected chi connectivity index (χ1v) is 7.60. The minimum atomic E-state index is -0.618. The fourth-order valence-electron chi connectivity index (χ4n) is 2.76. The Hall–Kier alpha value is -2.11. The first-order chi connectivity index (χ1) is 10.4. The molecule has 6 nitrogen and oxygen atoms in total. The largest absolute Gasteiger partial charge is 0.456 e. The third-order valence-electron chi connectivity index (χ3n) is 3.95. The highest BCUT2D eigenvalue weighted by Gasteiger charge is 2.29. The summed E-state index contributed by atoms with van der Waals surface area (Å²) in [7, 11) is 0. The van der Waals surface area contributed by atoms with Gasteiger partial charge in [0.05, 0.1) is 0 Å². The summed E-state index contributed by atoms with van der Waals surface area (Å²) < 4.78 is 7.13. The van der Waals surface area contributed by atoms with Crippen LogP contribution in [0.25, 0.3) is 0 Å². The molecule has 6 heteroatoms. The Bertz CT molecular complexity index is 604. The van der Waals surface area contributed by atoms with Crippen molar-refractivity contribution in [3.05, 3.63) is 23.0 Å². The maximum atomic E-state index is 12.2. The van der Waals surface area contributed by atoms with E-state index in [4.69, 9.17) is 4.74 Å². The first-order valence-electron chi connectivity index (χ1n) is 7.60. The summed E-state index contributed by atoms with van der Waals surface area (Å²) in [5, 5.41) is 2.53. The van der Waals surface area contributed by atoms with Gasteiger partial charge in [-0.25, -0.2) is 4.79 Å². The number of rotatable bonds is 6. The zero-order valence-corrected chi connectivity index (χ0v) is 13.3. The highest BCUT2D eigenvalue weighted by atomic mass is 16.5. The van der Waals surface area contributed by atoms with Crippen LogP contribution in [0.5, 0.6) is 0 Å². The summed E-state index contributed by atoms with van der Waals surface area (Å²) in [6, 6.07) is 1.21. The van der Waals surface area contributed by atoms with Gasteiger partial charge in [0.15, 0.2) is 6.61 Å². The lowest BCUT2D eigenvalue weighted by atomic mass is 10.1. The molecule has 120 valence electrons. The fraction of sp³-hybridized carbons (Fsp3) is 0.562. The van der Waals surface area contributed by atoms with Crippen molar-refractivity contribution in [2.45, 2.75) is 52.6 Å². The highest BCUT2D eigenvalue weighted by Crippen LogP contribution is 2.17. The van der Waals surface area contributed by atoms with Crippen molar-refractivity contribution in [2.75, 3.05) is 6.61 Å². The van der Waals surface area contributed by atoms with E-state index in [0.29, 0.717) is 18.4 Å². The van der Waals surface area contributed by atoms with Crippen LogP contribution in [0.3, 0.4) is 0 Å². The lowest BCUT2D eigenvalue weighted by molar-refractivity contribution is -0.145. The van der Waals surface area contributed by atoms with E-state index < -0.39 is 12.0 Å². The third-order valence-corrected chi connectivity index (χ3v) is 3.95. The van der Waals surface area contributed by atoms with Gasteiger partial charge in [0, 0.05) is 29.9 Å². The molecule has 1 amide bonds. The Morgan fingerprint density at radius 2 is 2.14 bits per heavy atom. The molecule has 1 aliphatic rings. The summed E-state index contributed by atoms with van der Waals surface area (Å²) in [6.07, 6.45) is 1.74. The van der Waals surface area contributed by atoms with E-state index in [1.807, 2.05) is 19.9 Å². The molecule has 1 saturated heterocycles. The van der Waals surface area contributed by atoms with Crippen LogP contribution in [0.15, 0.2) is 6.07 Å². The van der Waals surface area contributed by atoms with Gasteiger partial charge in [-0.05, 0) is 32.8 Å². The first kappa shape index (κ1) is 16.3. The minimum absolute atomic E-state index is 0.156. The number of nitrogens with one attached hydrogen (secondary N) is 1. The summed E-state index contributed by atoms with van der Waals surface area (Å²) in [6.45, 7) is 6.51. The third kappa shape index (κ3) is 3.37. The number of aryl methyl sites for hydroxylation is 1. The maximum absolute atomic E-state index is 12.2. The molecule has 1 N–H and O–H groups in total. The van der Waals surface area contributed by atoms with E-state index in [1.165, 1.54) is 0 Å². The molecule has 0 spiro atoms. The second kappa shape index (κ2) is 6.77. The van der Waals surface area contributed by atoms with Gasteiger partial charge < -0.3 is 14.6 Å². The Morgan fingerprint density at radius 3 is 2.73 bits per heavy atom. The van der Waals surface area contributed by atoms with Gasteiger partial charge in [0.2, 0.25) is 11.7 Å². The van der Waals surface area contributed by atoms with Crippen LogP contribution in [0.2, 0.25) is 0 Å². The van der Waals surface area contributed by atoms with Gasteiger partial charge in [-0.2, -0.15) is 0 Å². The number of ether oxygens (including phenoxy) is 1. The quantitative estimate of drug-likeness (QED) is 0.638. The molecule has 1 aromatic rings. The van der Waals surface area contributed by atoms with Crippen LogP contribution in [0.4, 0.5) is 0 Å². The van der Waals surface area contributed by atoms with Crippen molar-refractivity contribution in [3.63, 3.8) is 0 Å². The van der Waals surface area contributed by atoms with E-state index in [-0.39, 0.29) is 18.3 Å². The normalized spacial score (nSPS) is 17.4. The Morgan fingerprint density at radius 1 is 1.41 bits per heavy atom. The number of Topliss-reactive ketones (excluding diaryl/α,β-unsaturated/α-hetero) is 1. The van der Waals surface area contributed by atoms with Gasteiger partial charge >= 0.3 is 5.97 Å². The summed E-state index contributed by atoms with van der Waals surface area (Å²) in [5.41, 5.74) is 2.51. The standard InChI is InChI=1S/C16H22N2O4/c1-4-7-18-10(2)8-12(11(18)3)14(19)9-22-16(21)13-5-6-15(20)17-13/h8,13H,4-7,9H2,1-3H3,(H,17,20)/t13-/m1/s1. The topological polar surface area (TPSA) is 77.4 Å². The van der Waals surface area contributed by atoms with Crippen molar-refractivity contribution in [1.82, 2.24) is 9.88 Å². The molecule has 0 aliphatic carbocycles. The number of carbonyl (C=O) groups is 3. The van der Waals surface area contributed by atoms with Gasteiger partial charge in [0.25, 0.3) is 0 Å². The second-order valence-electron chi connectivity index (χ2n) is 5.63. The van der Waals surface area contributed by atoms with Crippen LogP contribution < -0.4 is 5.32 Å². The molecule has 22 heavy (non-hydrogen) atoms. The predicted octanol–water partition coefficient (Wildman–Crippen LogP) is 1.52. The van der Waals surface area contributed by atoms with Crippen LogP contribution in [-0.4, -0.2) is 34.9 Å². The summed E-state index contributed by atoms with van der Waals surface area (Å²) in [5.74, 6) is -0.911. The van der Waals surface area contributed by atoms with Gasteiger partial charge in [-0.15, -0.1) is 0 Å². The molecule has 0 saturated carbocycles. The van der Waals surface area contributed by atoms with Gasteiger partial charge in [-0.1, -0.05) is 6.92 Å². The molecule has 0 unspecified atom stereocenters. The van der Waals surface area contributed by atoms with Crippen LogP contribution in [-0.2, 0) is 20.9 Å². The number of amides is 1. The van der Waals surface area contributed by atoms with E-state index in [0.717, 1.165) is 24.4 Å². The van der Waals surface area contributed by atoms with Crippen LogP contribution in [0, 0.1) is 13.8 Å². The second-order valence-corrected chi connectivity index (χ2v) is 5.63. The molecular formula is C16H22N2O4. The molecule has 2 rings (SSSR count). The molecule has 1 fully saturated rings. The van der Waals surface area contributed by atoms with E-state index >= 15 is 0 Å². The number of esters is 1. The lowest BCUT2D eigenvalue weighted by Gasteiger charge is -2.10. The maximum Gasteiger partial charge on any atom is 0.329 e. The molecule has 1 aliphatic heterocycles. The zero-order valence-electron chi connectivity index (χ0n) is 13.3. The smallest absolute Gasteiger partial charge is 0.329 e. The Balaban J connectivity index is 1.96. The number of carbonyl (C=O) groups excluding carboxylic acids is 3. The van der Waals surface area contributed by atoms with Crippen molar-refractivity contribution in [1.29, 1.82) is 0 Å². The van der Waals surface area contributed by atoms with Crippen molar-refractivity contribution < 1.29 is 19.1 Å².